The second kappa shape index (κ2) is 2.98. The van der Waals surface area contributed by atoms with Crippen LogP contribution in [0, 0.1) is 0 Å². The summed E-state index contributed by atoms with van der Waals surface area (Å²) < 4.78 is 0. The molecule has 0 spiro atoms. The number of aldehydes is 1. The molecule has 64 valence electrons. The number of ketones is 1. The van der Waals surface area contributed by atoms with Crippen molar-refractivity contribution in [1.82, 2.24) is 0 Å². The topological polar surface area (TPSA) is 34.1 Å². The maximum Gasteiger partial charge on any atom is 0.160 e. The first-order chi connectivity index (χ1) is 6.31. The highest BCUT2D eigenvalue weighted by Crippen LogP contribution is 2.22. The fourth-order valence-electron chi connectivity index (χ4n) is 1.54. The predicted molar refractivity (Wildman–Crippen MR) is 49.2 cm³/mol. The van der Waals surface area contributed by atoms with Crippen LogP contribution in [-0.2, 0) is 16.0 Å². The van der Waals surface area contributed by atoms with Gasteiger partial charge >= 0.3 is 0 Å². The summed E-state index contributed by atoms with van der Waals surface area (Å²) in [4.78, 5) is 21.8. The minimum atomic E-state index is 0.000741. The first-order valence-electron chi connectivity index (χ1n) is 4.09. The van der Waals surface area contributed by atoms with Crippen LogP contribution in [0.25, 0.3) is 5.57 Å². The Hall–Kier alpha value is -1.70. The Morgan fingerprint density at radius 1 is 1.23 bits per heavy atom. The summed E-state index contributed by atoms with van der Waals surface area (Å²) in [6, 6.07) is 7.48. The quantitative estimate of drug-likeness (QED) is 0.600. The van der Waals surface area contributed by atoms with Gasteiger partial charge in [0, 0.05) is 12.0 Å². The minimum Gasteiger partial charge on any atom is -0.298 e. The summed E-state index contributed by atoms with van der Waals surface area (Å²) in [5, 5.41) is 0. The third-order valence-electron chi connectivity index (χ3n) is 2.14. The van der Waals surface area contributed by atoms with E-state index in [1.54, 1.807) is 0 Å². The monoisotopic (exact) mass is 172 g/mol. The van der Waals surface area contributed by atoms with Gasteiger partial charge in [-0.05, 0) is 17.2 Å². The third kappa shape index (κ3) is 1.31. The van der Waals surface area contributed by atoms with Gasteiger partial charge in [0.25, 0.3) is 0 Å². The molecule has 13 heavy (non-hydrogen) atoms. The molecule has 0 saturated heterocycles. The zero-order valence-corrected chi connectivity index (χ0v) is 6.99. The van der Waals surface area contributed by atoms with Crippen LogP contribution in [0.3, 0.4) is 0 Å². The van der Waals surface area contributed by atoms with Crippen LogP contribution in [0.5, 0.6) is 0 Å². The number of carbonyl (C=O) groups excluding carboxylic acids is 2. The van der Waals surface area contributed by atoms with Gasteiger partial charge in [-0.1, -0.05) is 24.3 Å². The zero-order chi connectivity index (χ0) is 9.26. The van der Waals surface area contributed by atoms with Crippen molar-refractivity contribution < 1.29 is 9.59 Å². The lowest BCUT2D eigenvalue weighted by Crippen LogP contribution is -2.09. The Bertz CT molecular complexity index is 402. The number of allylic oxidation sites excluding steroid dienone is 2. The molecule has 2 nitrogen and oxygen atoms in total. The molecule has 0 saturated carbocycles. The molecule has 0 N–H and O–H groups in total. The molecular weight excluding hydrogens is 164 g/mol. The molecule has 0 radical (unpaired) electrons. The largest absolute Gasteiger partial charge is 0.298 e. The average Bonchev–Trinajstić information content (AvgIpc) is 2.16. The van der Waals surface area contributed by atoms with Crippen LogP contribution >= 0.6 is 0 Å². The predicted octanol–water partition coefficient (Wildman–Crippen LogP) is 1.39. The standard InChI is InChI=1S/C11H8O2/c12-7-9-6-10(13)5-8-3-1-2-4-11(8)9/h1-4,6-7H,5H2. The second-order valence-corrected chi connectivity index (χ2v) is 3.02. The van der Waals surface area contributed by atoms with Crippen LogP contribution in [0.1, 0.15) is 11.1 Å². The maximum atomic E-state index is 11.2. The van der Waals surface area contributed by atoms with Gasteiger partial charge in [0.15, 0.2) is 12.1 Å². The summed E-state index contributed by atoms with van der Waals surface area (Å²) in [7, 11) is 0. The molecule has 0 atom stereocenters. The van der Waals surface area contributed by atoms with Crippen molar-refractivity contribution >= 4 is 17.6 Å². The molecule has 1 aromatic carbocycles. The Labute approximate surface area is 75.9 Å². The van der Waals surface area contributed by atoms with Crippen molar-refractivity contribution in [3.05, 3.63) is 41.5 Å². The molecular formula is C11H8O2. The number of hydrogen-bond acceptors (Lipinski definition) is 2. The van der Waals surface area contributed by atoms with E-state index >= 15 is 0 Å². The third-order valence-corrected chi connectivity index (χ3v) is 2.14. The van der Waals surface area contributed by atoms with Crippen LogP contribution < -0.4 is 0 Å². The number of benzene rings is 1. The molecule has 0 heterocycles. The van der Waals surface area contributed by atoms with Gasteiger partial charge in [-0.3, -0.25) is 9.59 Å². The van der Waals surface area contributed by atoms with E-state index in [1.807, 2.05) is 24.3 Å². The molecule has 1 aromatic rings. The van der Waals surface area contributed by atoms with E-state index in [9.17, 15) is 9.59 Å². The molecule has 2 heteroatoms. The first-order valence-corrected chi connectivity index (χ1v) is 4.09. The number of fused-ring (bicyclic) bond motifs is 1. The second-order valence-electron chi connectivity index (χ2n) is 3.02. The maximum absolute atomic E-state index is 11.2. The molecule has 1 aliphatic carbocycles. The lowest BCUT2D eigenvalue weighted by molar-refractivity contribution is -0.114. The van der Waals surface area contributed by atoms with Crippen LogP contribution in [0.2, 0.25) is 0 Å². The van der Waals surface area contributed by atoms with Gasteiger partial charge in [-0.25, -0.2) is 0 Å². The summed E-state index contributed by atoms with van der Waals surface area (Å²) in [6.45, 7) is 0. The minimum absolute atomic E-state index is 0.000741. The van der Waals surface area contributed by atoms with Crippen molar-refractivity contribution in [2.24, 2.45) is 0 Å². The number of carbonyl (C=O) groups is 2. The SMILES string of the molecule is O=CC1=CC(=O)Cc2ccccc21. The van der Waals surface area contributed by atoms with E-state index in [4.69, 9.17) is 0 Å². The van der Waals surface area contributed by atoms with E-state index in [-0.39, 0.29) is 5.78 Å². The highest BCUT2D eigenvalue weighted by Gasteiger charge is 2.15. The molecule has 0 aliphatic heterocycles. The Kier molecular flexibility index (Phi) is 1.81. The highest BCUT2D eigenvalue weighted by molar-refractivity contribution is 6.17. The van der Waals surface area contributed by atoms with E-state index in [1.165, 1.54) is 6.08 Å². The fraction of sp³-hybridized carbons (Fsp3) is 0.0909. The number of hydrogen-bond donors (Lipinski definition) is 0. The van der Waals surface area contributed by atoms with E-state index in [2.05, 4.69) is 0 Å². The van der Waals surface area contributed by atoms with E-state index in [0.29, 0.717) is 12.0 Å². The van der Waals surface area contributed by atoms with Gasteiger partial charge < -0.3 is 0 Å². The summed E-state index contributed by atoms with van der Waals surface area (Å²) in [5.74, 6) is 0.000741. The summed E-state index contributed by atoms with van der Waals surface area (Å²) >= 11 is 0. The normalized spacial score (nSPS) is 14.8. The zero-order valence-electron chi connectivity index (χ0n) is 6.99. The molecule has 0 fully saturated rings. The van der Waals surface area contributed by atoms with Gasteiger partial charge in [0.2, 0.25) is 0 Å². The smallest absolute Gasteiger partial charge is 0.160 e. The lowest BCUT2D eigenvalue weighted by Gasteiger charge is -2.12. The van der Waals surface area contributed by atoms with Gasteiger partial charge in [0.1, 0.15) is 0 Å². The van der Waals surface area contributed by atoms with Crippen LogP contribution in [-0.4, -0.2) is 12.1 Å². The Balaban J connectivity index is 2.61. The van der Waals surface area contributed by atoms with Crippen molar-refractivity contribution in [3.63, 3.8) is 0 Å². The Morgan fingerprint density at radius 3 is 2.77 bits per heavy atom. The van der Waals surface area contributed by atoms with Crippen LogP contribution in [0.15, 0.2) is 30.3 Å². The molecule has 0 aromatic heterocycles. The number of rotatable bonds is 1. The fourth-order valence-corrected chi connectivity index (χ4v) is 1.54. The van der Waals surface area contributed by atoms with Crippen LogP contribution in [0.4, 0.5) is 0 Å². The molecule has 1 aliphatic rings. The van der Waals surface area contributed by atoms with Gasteiger partial charge in [-0.2, -0.15) is 0 Å². The molecule has 0 bridgehead atoms. The van der Waals surface area contributed by atoms with E-state index < -0.39 is 0 Å². The highest BCUT2D eigenvalue weighted by atomic mass is 16.1. The average molecular weight is 172 g/mol. The lowest BCUT2D eigenvalue weighted by atomic mass is 9.91. The van der Waals surface area contributed by atoms with Crippen molar-refractivity contribution in [2.75, 3.05) is 0 Å². The van der Waals surface area contributed by atoms with E-state index in [0.717, 1.165) is 17.4 Å². The molecule has 2 rings (SSSR count). The summed E-state index contributed by atoms with van der Waals surface area (Å²) in [6.07, 6.45) is 2.55. The van der Waals surface area contributed by atoms with Crippen molar-refractivity contribution in [1.29, 1.82) is 0 Å². The van der Waals surface area contributed by atoms with Gasteiger partial charge in [-0.15, -0.1) is 0 Å². The Morgan fingerprint density at radius 2 is 2.00 bits per heavy atom. The first kappa shape index (κ1) is 7.92. The van der Waals surface area contributed by atoms with Gasteiger partial charge in [0.05, 0.1) is 0 Å². The molecule has 0 unspecified atom stereocenters. The van der Waals surface area contributed by atoms with Crippen molar-refractivity contribution in [3.8, 4) is 0 Å². The summed E-state index contributed by atoms with van der Waals surface area (Å²) in [5.41, 5.74) is 2.32. The van der Waals surface area contributed by atoms with Crippen molar-refractivity contribution in [2.45, 2.75) is 6.42 Å². The molecule has 0 amide bonds.